The second-order valence-electron chi connectivity index (χ2n) is 7.55. The Morgan fingerprint density at radius 2 is 1.24 bits per heavy atom. The highest BCUT2D eigenvalue weighted by Crippen LogP contribution is 2.30. The highest BCUT2D eigenvalue weighted by molar-refractivity contribution is 5.86. The van der Waals surface area contributed by atoms with E-state index in [-0.39, 0.29) is 5.82 Å². The van der Waals surface area contributed by atoms with E-state index in [2.05, 4.69) is 0 Å². The summed E-state index contributed by atoms with van der Waals surface area (Å²) in [7, 11) is 0. The van der Waals surface area contributed by atoms with Crippen LogP contribution in [-0.2, 0) is 0 Å². The summed E-state index contributed by atoms with van der Waals surface area (Å²) in [6, 6.07) is 31.3. The Kier molecular flexibility index (Phi) is 4.54. The normalized spacial score (nSPS) is 11.2. The van der Waals surface area contributed by atoms with Crippen LogP contribution >= 0.6 is 0 Å². The number of rotatable bonds is 4. The molecule has 0 aliphatic rings. The fourth-order valence-electron chi connectivity index (χ4n) is 3.78. The highest BCUT2D eigenvalue weighted by atomic mass is 19.1. The SMILES string of the molecule is Fc1ccc(-c2nc3nc4ccccc4nc3n2-c2ccc(Oc3ccccc3)cc2)cc1. The Balaban J connectivity index is 1.51. The molecule has 0 bridgehead atoms. The smallest absolute Gasteiger partial charge is 0.199 e. The van der Waals surface area contributed by atoms with Gasteiger partial charge in [-0.25, -0.2) is 19.3 Å². The molecule has 0 unspecified atom stereocenters. The van der Waals surface area contributed by atoms with E-state index in [1.807, 2.05) is 83.4 Å². The zero-order valence-corrected chi connectivity index (χ0v) is 17.4. The fraction of sp³-hybridized carbons (Fsp3) is 0. The molecule has 2 aromatic heterocycles. The van der Waals surface area contributed by atoms with Gasteiger partial charge in [-0.3, -0.25) is 4.57 Å². The van der Waals surface area contributed by atoms with Crippen molar-refractivity contribution >= 4 is 22.3 Å². The summed E-state index contributed by atoms with van der Waals surface area (Å²) in [6.07, 6.45) is 0. The molecule has 0 spiro atoms. The van der Waals surface area contributed by atoms with Gasteiger partial charge in [0.2, 0.25) is 0 Å². The number of ether oxygens (including phenoxy) is 1. The number of fused-ring (bicyclic) bond motifs is 2. The van der Waals surface area contributed by atoms with Crippen LogP contribution < -0.4 is 4.74 Å². The van der Waals surface area contributed by atoms with Crippen LogP contribution in [0, 0.1) is 5.82 Å². The summed E-state index contributed by atoms with van der Waals surface area (Å²) in [6.45, 7) is 0. The van der Waals surface area contributed by atoms with E-state index < -0.39 is 0 Å². The lowest BCUT2D eigenvalue weighted by molar-refractivity contribution is 0.482. The molecule has 0 aliphatic heterocycles. The summed E-state index contributed by atoms with van der Waals surface area (Å²) in [4.78, 5) is 14.3. The quantitative estimate of drug-likeness (QED) is 0.316. The molecule has 6 aromatic rings. The maximum atomic E-state index is 13.6. The maximum Gasteiger partial charge on any atom is 0.199 e. The van der Waals surface area contributed by atoms with Gasteiger partial charge in [-0.15, -0.1) is 0 Å². The summed E-state index contributed by atoms with van der Waals surface area (Å²) >= 11 is 0. The average molecular weight is 432 g/mol. The average Bonchev–Trinajstić information content (AvgIpc) is 3.22. The number of halogens is 1. The molecule has 2 heterocycles. The highest BCUT2D eigenvalue weighted by Gasteiger charge is 2.18. The second kappa shape index (κ2) is 7.84. The third-order valence-corrected chi connectivity index (χ3v) is 5.35. The van der Waals surface area contributed by atoms with Crippen LogP contribution in [-0.4, -0.2) is 19.5 Å². The second-order valence-corrected chi connectivity index (χ2v) is 7.55. The minimum atomic E-state index is -0.300. The molecule has 6 rings (SSSR count). The predicted molar refractivity (Wildman–Crippen MR) is 126 cm³/mol. The first-order valence-electron chi connectivity index (χ1n) is 10.5. The number of nitrogens with zero attached hydrogens (tertiary/aromatic N) is 4. The molecule has 5 nitrogen and oxygen atoms in total. The Hall–Kier alpha value is -4.58. The van der Waals surface area contributed by atoms with Gasteiger partial charge in [0.1, 0.15) is 23.1 Å². The minimum Gasteiger partial charge on any atom is -0.457 e. The number of hydrogen-bond donors (Lipinski definition) is 0. The molecule has 33 heavy (non-hydrogen) atoms. The van der Waals surface area contributed by atoms with Gasteiger partial charge in [-0.05, 0) is 72.8 Å². The van der Waals surface area contributed by atoms with Crippen LogP contribution in [0.25, 0.3) is 39.4 Å². The number of aromatic nitrogens is 4. The van der Waals surface area contributed by atoms with Gasteiger partial charge in [-0.2, -0.15) is 0 Å². The number of benzene rings is 4. The molecule has 4 aromatic carbocycles. The van der Waals surface area contributed by atoms with E-state index in [1.54, 1.807) is 12.1 Å². The van der Waals surface area contributed by atoms with Crippen molar-refractivity contribution in [3.8, 4) is 28.6 Å². The molecule has 0 amide bonds. The van der Waals surface area contributed by atoms with E-state index in [4.69, 9.17) is 19.7 Å². The van der Waals surface area contributed by atoms with Gasteiger partial charge >= 0.3 is 0 Å². The van der Waals surface area contributed by atoms with E-state index in [9.17, 15) is 4.39 Å². The van der Waals surface area contributed by atoms with Gasteiger partial charge < -0.3 is 4.74 Å². The fourth-order valence-corrected chi connectivity index (χ4v) is 3.78. The van der Waals surface area contributed by atoms with Crippen molar-refractivity contribution in [2.24, 2.45) is 0 Å². The van der Waals surface area contributed by atoms with Crippen LogP contribution in [0.3, 0.4) is 0 Å². The summed E-state index contributed by atoms with van der Waals surface area (Å²) in [5.74, 6) is 1.82. The van der Waals surface area contributed by atoms with Crippen molar-refractivity contribution < 1.29 is 9.13 Å². The molecule has 6 heteroatoms. The summed E-state index contributed by atoms with van der Waals surface area (Å²) in [5, 5.41) is 0. The lowest BCUT2D eigenvalue weighted by Gasteiger charge is -2.11. The molecule has 0 atom stereocenters. The molecule has 0 N–H and O–H groups in total. The van der Waals surface area contributed by atoms with Gasteiger partial charge in [0.15, 0.2) is 11.3 Å². The van der Waals surface area contributed by atoms with E-state index in [1.165, 1.54) is 12.1 Å². The summed E-state index contributed by atoms with van der Waals surface area (Å²) < 4.78 is 21.4. The Bertz CT molecular complexity index is 1580. The minimum absolute atomic E-state index is 0.300. The van der Waals surface area contributed by atoms with Gasteiger partial charge in [0.25, 0.3) is 0 Å². The number of imidazole rings is 1. The summed E-state index contributed by atoms with van der Waals surface area (Å²) in [5.41, 5.74) is 4.32. The maximum absolute atomic E-state index is 13.6. The molecular weight excluding hydrogens is 415 g/mol. The van der Waals surface area contributed by atoms with E-state index in [0.29, 0.717) is 22.9 Å². The van der Waals surface area contributed by atoms with Crippen molar-refractivity contribution in [3.63, 3.8) is 0 Å². The number of para-hydroxylation sites is 3. The van der Waals surface area contributed by atoms with Crippen LogP contribution in [0.15, 0.2) is 103 Å². The Labute approximate surface area is 188 Å². The predicted octanol–water partition coefficient (Wildman–Crippen LogP) is 6.57. The third-order valence-electron chi connectivity index (χ3n) is 5.35. The van der Waals surface area contributed by atoms with Crippen LogP contribution in [0.5, 0.6) is 11.5 Å². The lowest BCUT2D eigenvalue weighted by atomic mass is 10.2. The van der Waals surface area contributed by atoms with Crippen molar-refractivity contribution in [2.75, 3.05) is 0 Å². The van der Waals surface area contributed by atoms with Gasteiger partial charge in [-0.1, -0.05) is 30.3 Å². The third kappa shape index (κ3) is 3.57. The van der Waals surface area contributed by atoms with Crippen molar-refractivity contribution in [2.45, 2.75) is 0 Å². The molecular formula is C27H17FN4O. The van der Waals surface area contributed by atoms with Crippen LogP contribution in [0.4, 0.5) is 4.39 Å². The van der Waals surface area contributed by atoms with Gasteiger partial charge in [0, 0.05) is 11.3 Å². The van der Waals surface area contributed by atoms with Gasteiger partial charge in [0.05, 0.1) is 11.0 Å². The van der Waals surface area contributed by atoms with E-state index >= 15 is 0 Å². The zero-order valence-electron chi connectivity index (χ0n) is 17.4. The van der Waals surface area contributed by atoms with Crippen LogP contribution in [0.1, 0.15) is 0 Å². The molecule has 158 valence electrons. The van der Waals surface area contributed by atoms with Crippen molar-refractivity contribution in [1.82, 2.24) is 19.5 Å². The van der Waals surface area contributed by atoms with Crippen molar-refractivity contribution in [3.05, 3.63) is 109 Å². The molecule has 0 radical (unpaired) electrons. The molecule has 0 saturated carbocycles. The first kappa shape index (κ1) is 19.1. The molecule has 0 fully saturated rings. The molecule has 0 saturated heterocycles. The standard InChI is InChI=1S/C27H17FN4O/c28-19-12-10-18(11-13-19)26-31-25-27(30-24-9-5-4-8-23(24)29-25)32(26)20-14-16-22(17-15-20)33-21-6-2-1-3-7-21/h1-17H. The largest absolute Gasteiger partial charge is 0.457 e. The lowest BCUT2D eigenvalue weighted by Crippen LogP contribution is -1.99. The monoisotopic (exact) mass is 432 g/mol. The zero-order chi connectivity index (χ0) is 22.2. The topological polar surface area (TPSA) is 52.8 Å². The Morgan fingerprint density at radius 1 is 0.606 bits per heavy atom. The first-order chi connectivity index (χ1) is 16.2. The first-order valence-corrected chi connectivity index (χ1v) is 10.5. The van der Waals surface area contributed by atoms with Crippen molar-refractivity contribution in [1.29, 1.82) is 0 Å². The Morgan fingerprint density at radius 3 is 1.97 bits per heavy atom. The number of hydrogen-bond acceptors (Lipinski definition) is 4. The molecule has 0 aliphatic carbocycles. The van der Waals surface area contributed by atoms with E-state index in [0.717, 1.165) is 28.0 Å². The van der Waals surface area contributed by atoms with Crippen LogP contribution in [0.2, 0.25) is 0 Å².